The molecule has 0 spiro atoms. The summed E-state index contributed by atoms with van der Waals surface area (Å²) < 4.78 is 11.1. The maximum Gasteiger partial charge on any atom is 0.256 e. The van der Waals surface area contributed by atoms with Crippen LogP contribution in [0.3, 0.4) is 0 Å². The Labute approximate surface area is 173 Å². The highest BCUT2D eigenvalue weighted by Crippen LogP contribution is 2.24. The molecule has 0 atom stereocenters. The van der Waals surface area contributed by atoms with Crippen molar-refractivity contribution < 1.29 is 14.3 Å². The number of anilines is 1. The van der Waals surface area contributed by atoms with E-state index in [1.54, 1.807) is 23.5 Å². The average Bonchev–Trinajstić information content (AvgIpc) is 3.44. The zero-order valence-electron chi connectivity index (χ0n) is 16.1. The molecule has 1 aliphatic rings. The van der Waals surface area contributed by atoms with Crippen molar-refractivity contribution in [2.24, 2.45) is 0 Å². The number of amides is 1. The largest absolute Gasteiger partial charge is 0.494 e. The summed E-state index contributed by atoms with van der Waals surface area (Å²) in [6.45, 7) is 5.29. The van der Waals surface area contributed by atoms with Crippen molar-refractivity contribution in [1.29, 1.82) is 0 Å². The summed E-state index contributed by atoms with van der Waals surface area (Å²) in [5, 5.41) is 11.9. The Morgan fingerprint density at radius 2 is 2.07 bits per heavy atom. The molecule has 2 aromatic heterocycles. The molecule has 2 N–H and O–H groups in total. The molecule has 0 saturated carbocycles. The maximum absolute atomic E-state index is 12.4. The number of hydrogen-bond acceptors (Lipinski definition) is 6. The third kappa shape index (κ3) is 5.44. The number of ether oxygens (including phenoxy) is 2. The number of aromatic nitrogens is 2. The summed E-state index contributed by atoms with van der Waals surface area (Å²) in [6.07, 6.45) is 0.966. The van der Waals surface area contributed by atoms with Gasteiger partial charge in [-0.05, 0) is 42.1 Å². The second-order valence-corrected chi connectivity index (χ2v) is 7.73. The lowest BCUT2D eigenvalue weighted by molar-refractivity contribution is 0.0358. The fourth-order valence-corrected chi connectivity index (χ4v) is 3.83. The predicted molar refractivity (Wildman–Crippen MR) is 114 cm³/mol. The number of rotatable bonds is 8. The van der Waals surface area contributed by atoms with Crippen LogP contribution < -0.4 is 10.1 Å². The molecular weight excluding hydrogens is 388 g/mol. The second kappa shape index (κ2) is 9.69. The Hall–Kier alpha value is -2.68. The first-order chi connectivity index (χ1) is 14.3. The molecule has 1 aliphatic heterocycles. The number of nitrogens with zero attached hydrogens (tertiary/aromatic N) is 2. The van der Waals surface area contributed by atoms with Crippen molar-refractivity contribution in [1.82, 2.24) is 15.1 Å². The van der Waals surface area contributed by atoms with Crippen LogP contribution in [0.2, 0.25) is 0 Å². The van der Waals surface area contributed by atoms with E-state index in [1.807, 2.05) is 35.7 Å². The SMILES string of the molecule is O=C(Nc1cc(-c2cccs2)[nH]n1)c1ccc(OCCCN2CCOCC2)cc1. The van der Waals surface area contributed by atoms with E-state index in [4.69, 9.17) is 9.47 Å². The van der Waals surface area contributed by atoms with Crippen LogP contribution in [0.4, 0.5) is 5.82 Å². The number of carbonyl (C=O) groups is 1. The number of nitrogens with one attached hydrogen (secondary N) is 2. The standard InChI is InChI=1S/C21H24N4O3S/c26-21(22-20-15-18(23-24-20)19-3-1-14-29-19)16-4-6-17(7-5-16)28-11-2-8-25-9-12-27-13-10-25/h1,3-7,14-15H,2,8-13H2,(H2,22,23,24,26). The molecule has 7 nitrogen and oxygen atoms in total. The van der Waals surface area contributed by atoms with E-state index in [2.05, 4.69) is 20.4 Å². The van der Waals surface area contributed by atoms with Crippen molar-refractivity contribution in [2.45, 2.75) is 6.42 Å². The molecule has 8 heteroatoms. The highest BCUT2D eigenvalue weighted by atomic mass is 32.1. The summed E-state index contributed by atoms with van der Waals surface area (Å²) in [7, 11) is 0. The smallest absolute Gasteiger partial charge is 0.256 e. The van der Waals surface area contributed by atoms with Gasteiger partial charge < -0.3 is 14.8 Å². The molecule has 1 amide bonds. The summed E-state index contributed by atoms with van der Waals surface area (Å²) in [5.41, 5.74) is 1.45. The van der Waals surface area contributed by atoms with Gasteiger partial charge in [0.1, 0.15) is 5.75 Å². The minimum atomic E-state index is -0.201. The van der Waals surface area contributed by atoms with Crippen molar-refractivity contribution >= 4 is 23.1 Å². The Balaban J connectivity index is 1.23. The van der Waals surface area contributed by atoms with Crippen LogP contribution in [0.5, 0.6) is 5.75 Å². The number of aromatic amines is 1. The number of carbonyl (C=O) groups excluding carboxylic acids is 1. The van der Waals surface area contributed by atoms with E-state index in [9.17, 15) is 4.79 Å². The average molecular weight is 413 g/mol. The van der Waals surface area contributed by atoms with E-state index in [0.717, 1.165) is 55.6 Å². The van der Waals surface area contributed by atoms with Crippen molar-refractivity contribution in [2.75, 3.05) is 44.8 Å². The van der Waals surface area contributed by atoms with Crippen LogP contribution in [0.25, 0.3) is 10.6 Å². The predicted octanol–water partition coefficient (Wildman–Crippen LogP) is 3.49. The quantitative estimate of drug-likeness (QED) is 0.554. The molecule has 1 fully saturated rings. The van der Waals surface area contributed by atoms with E-state index in [1.165, 1.54) is 0 Å². The minimum Gasteiger partial charge on any atom is -0.494 e. The van der Waals surface area contributed by atoms with Crippen molar-refractivity contribution in [3.05, 3.63) is 53.4 Å². The van der Waals surface area contributed by atoms with Gasteiger partial charge in [-0.2, -0.15) is 5.10 Å². The van der Waals surface area contributed by atoms with Crippen LogP contribution in [0.1, 0.15) is 16.8 Å². The van der Waals surface area contributed by atoms with Crippen molar-refractivity contribution in [3.8, 4) is 16.3 Å². The normalized spacial score (nSPS) is 14.6. The lowest BCUT2D eigenvalue weighted by Gasteiger charge is -2.26. The third-order valence-corrected chi connectivity index (χ3v) is 5.62. The Morgan fingerprint density at radius 1 is 1.24 bits per heavy atom. The van der Waals surface area contributed by atoms with Gasteiger partial charge in [-0.1, -0.05) is 6.07 Å². The van der Waals surface area contributed by atoms with Gasteiger partial charge in [0.2, 0.25) is 0 Å². The zero-order chi connectivity index (χ0) is 19.9. The van der Waals surface area contributed by atoms with E-state index in [-0.39, 0.29) is 5.91 Å². The number of morpholine rings is 1. The van der Waals surface area contributed by atoms with Crippen LogP contribution in [0.15, 0.2) is 47.8 Å². The molecule has 1 saturated heterocycles. The third-order valence-electron chi connectivity index (χ3n) is 4.71. The zero-order valence-corrected chi connectivity index (χ0v) is 16.9. The van der Waals surface area contributed by atoms with Gasteiger partial charge in [0, 0.05) is 31.3 Å². The number of benzene rings is 1. The molecule has 29 heavy (non-hydrogen) atoms. The lowest BCUT2D eigenvalue weighted by Crippen LogP contribution is -2.37. The highest BCUT2D eigenvalue weighted by Gasteiger charge is 2.11. The number of thiophene rings is 1. The van der Waals surface area contributed by atoms with Gasteiger partial charge >= 0.3 is 0 Å². The first kappa shape index (κ1) is 19.6. The van der Waals surface area contributed by atoms with E-state index < -0.39 is 0 Å². The Bertz CT molecular complexity index is 902. The van der Waals surface area contributed by atoms with Gasteiger partial charge in [-0.15, -0.1) is 11.3 Å². The molecular formula is C21H24N4O3S. The van der Waals surface area contributed by atoms with Crippen LogP contribution in [0, 0.1) is 0 Å². The fourth-order valence-electron chi connectivity index (χ4n) is 3.14. The van der Waals surface area contributed by atoms with Gasteiger partial charge in [0.05, 0.1) is 30.4 Å². The summed E-state index contributed by atoms with van der Waals surface area (Å²) in [5.74, 6) is 1.07. The number of H-pyrrole nitrogens is 1. The highest BCUT2D eigenvalue weighted by molar-refractivity contribution is 7.13. The lowest BCUT2D eigenvalue weighted by atomic mass is 10.2. The first-order valence-corrected chi connectivity index (χ1v) is 10.6. The van der Waals surface area contributed by atoms with Crippen LogP contribution in [-0.2, 0) is 4.74 Å². The topological polar surface area (TPSA) is 79.5 Å². The molecule has 1 aromatic carbocycles. The molecule has 0 radical (unpaired) electrons. The second-order valence-electron chi connectivity index (χ2n) is 6.78. The molecule has 4 rings (SSSR count). The summed E-state index contributed by atoms with van der Waals surface area (Å²) in [6, 6.07) is 13.0. The maximum atomic E-state index is 12.4. The molecule has 152 valence electrons. The molecule has 3 heterocycles. The first-order valence-electron chi connectivity index (χ1n) is 9.71. The Morgan fingerprint density at radius 3 is 2.83 bits per heavy atom. The Kier molecular flexibility index (Phi) is 6.56. The van der Waals surface area contributed by atoms with Gasteiger partial charge in [-0.25, -0.2) is 0 Å². The monoisotopic (exact) mass is 412 g/mol. The van der Waals surface area contributed by atoms with E-state index in [0.29, 0.717) is 18.0 Å². The molecule has 0 aliphatic carbocycles. The van der Waals surface area contributed by atoms with Gasteiger partial charge in [0.25, 0.3) is 5.91 Å². The molecule has 0 unspecified atom stereocenters. The minimum absolute atomic E-state index is 0.201. The molecule has 3 aromatic rings. The number of hydrogen-bond donors (Lipinski definition) is 2. The van der Waals surface area contributed by atoms with E-state index >= 15 is 0 Å². The van der Waals surface area contributed by atoms with Crippen molar-refractivity contribution in [3.63, 3.8) is 0 Å². The summed E-state index contributed by atoms with van der Waals surface area (Å²) in [4.78, 5) is 15.9. The molecule has 0 bridgehead atoms. The fraction of sp³-hybridized carbons (Fsp3) is 0.333. The van der Waals surface area contributed by atoms with Crippen LogP contribution in [-0.4, -0.2) is 60.5 Å². The van der Waals surface area contributed by atoms with Gasteiger partial charge in [0.15, 0.2) is 5.82 Å². The van der Waals surface area contributed by atoms with Gasteiger partial charge in [-0.3, -0.25) is 14.8 Å². The van der Waals surface area contributed by atoms with Crippen LogP contribution >= 0.6 is 11.3 Å². The summed E-state index contributed by atoms with van der Waals surface area (Å²) >= 11 is 1.62.